The molecule has 1 aromatic heterocycles. The van der Waals surface area contributed by atoms with Crippen LogP contribution < -0.4 is 16.8 Å². The Bertz CT molecular complexity index is 257. The molecule has 1 rings (SSSR count). The van der Waals surface area contributed by atoms with Gasteiger partial charge in [0.15, 0.2) is 0 Å². The van der Waals surface area contributed by atoms with E-state index in [0.29, 0.717) is 11.6 Å². The topological polar surface area (TPSA) is 89.8 Å². The lowest BCUT2D eigenvalue weighted by atomic mass is 10.5. The first-order valence-corrected chi connectivity index (χ1v) is 5.24. The Balaban J connectivity index is 2.56. The molecule has 13 heavy (non-hydrogen) atoms. The summed E-state index contributed by atoms with van der Waals surface area (Å²) in [7, 11) is 0. The summed E-state index contributed by atoms with van der Waals surface area (Å²) in [5.41, 5.74) is 10.9. The van der Waals surface area contributed by atoms with Crippen molar-refractivity contribution in [1.29, 1.82) is 0 Å². The minimum Gasteiger partial charge on any atom is -0.383 e. The molecule has 0 saturated carbocycles. The summed E-state index contributed by atoms with van der Waals surface area (Å²) in [4.78, 5) is 7.73. The minimum atomic E-state index is 0.201. The zero-order valence-corrected chi connectivity index (χ0v) is 8.27. The monoisotopic (exact) mass is 199 g/mol. The maximum atomic E-state index is 5.49. The van der Waals surface area contributed by atoms with E-state index in [9.17, 15) is 0 Å². The summed E-state index contributed by atoms with van der Waals surface area (Å²) in [6.45, 7) is 0.844. The number of hydrogen-bond donors (Lipinski definition) is 3. The van der Waals surface area contributed by atoms with Crippen molar-refractivity contribution in [1.82, 2.24) is 9.97 Å². The van der Waals surface area contributed by atoms with Crippen LogP contribution in [0.3, 0.4) is 0 Å². The van der Waals surface area contributed by atoms with E-state index in [1.54, 1.807) is 17.8 Å². The Morgan fingerprint density at radius 1 is 1.46 bits per heavy atom. The van der Waals surface area contributed by atoms with Crippen LogP contribution in [0, 0.1) is 0 Å². The quantitative estimate of drug-likeness (QED) is 0.609. The molecule has 0 atom stereocenters. The highest BCUT2D eigenvalue weighted by molar-refractivity contribution is 7.98. The lowest BCUT2D eigenvalue weighted by Crippen LogP contribution is -2.08. The van der Waals surface area contributed by atoms with Gasteiger partial charge in [0.05, 0.1) is 0 Å². The second-order valence-electron chi connectivity index (χ2n) is 2.46. The standard InChI is InChI=1S/C7H13N5S/c1-13-3-2-10-6-4-5(8)11-7(9)12-6/h4H,2-3H2,1H3,(H5,8,9,10,11,12). The fourth-order valence-electron chi connectivity index (χ4n) is 0.857. The Kier molecular flexibility index (Phi) is 3.63. The van der Waals surface area contributed by atoms with Crippen molar-refractivity contribution in [2.75, 3.05) is 35.3 Å². The average molecular weight is 199 g/mol. The van der Waals surface area contributed by atoms with Crippen LogP contribution in [-0.2, 0) is 0 Å². The molecule has 5 N–H and O–H groups in total. The molecule has 0 radical (unpaired) electrons. The third kappa shape index (κ3) is 3.37. The Morgan fingerprint density at radius 3 is 2.85 bits per heavy atom. The number of nitrogen functional groups attached to an aromatic ring is 2. The molecule has 0 aliphatic heterocycles. The van der Waals surface area contributed by atoms with Crippen molar-refractivity contribution in [2.24, 2.45) is 0 Å². The molecule has 1 heterocycles. The van der Waals surface area contributed by atoms with Crippen molar-refractivity contribution in [3.05, 3.63) is 6.07 Å². The smallest absolute Gasteiger partial charge is 0.223 e. The summed E-state index contributed by atoms with van der Waals surface area (Å²) in [5, 5.41) is 3.10. The number of thioether (sulfide) groups is 1. The maximum Gasteiger partial charge on any atom is 0.223 e. The molecule has 0 saturated heterocycles. The summed E-state index contributed by atoms with van der Waals surface area (Å²) in [5.74, 6) is 2.29. The maximum absolute atomic E-state index is 5.49. The largest absolute Gasteiger partial charge is 0.383 e. The Morgan fingerprint density at radius 2 is 2.23 bits per heavy atom. The minimum absolute atomic E-state index is 0.201. The van der Waals surface area contributed by atoms with Gasteiger partial charge in [0, 0.05) is 18.4 Å². The van der Waals surface area contributed by atoms with E-state index >= 15 is 0 Å². The molecule has 72 valence electrons. The van der Waals surface area contributed by atoms with Crippen molar-refractivity contribution in [3.63, 3.8) is 0 Å². The fourth-order valence-corrected chi connectivity index (χ4v) is 1.16. The lowest BCUT2D eigenvalue weighted by Gasteiger charge is -2.05. The van der Waals surface area contributed by atoms with E-state index in [2.05, 4.69) is 15.3 Å². The molecule has 0 aliphatic carbocycles. The molecular formula is C7H13N5S. The van der Waals surface area contributed by atoms with Crippen LogP contribution in [0.1, 0.15) is 0 Å². The van der Waals surface area contributed by atoms with Gasteiger partial charge in [0.2, 0.25) is 5.95 Å². The number of aromatic nitrogens is 2. The molecule has 1 aromatic rings. The van der Waals surface area contributed by atoms with Gasteiger partial charge in [-0.3, -0.25) is 0 Å². The molecular weight excluding hydrogens is 186 g/mol. The second-order valence-corrected chi connectivity index (χ2v) is 3.44. The summed E-state index contributed by atoms with van der Waals surface area (Å²) in [6.07, 6.45) is 2.05. The van der Waals surface area contributed by atoms with Gasteiger partial charge in [-0.2, -0.15) is 21.7 Å². The Labute approximate surface area is 81.3 Å². The third-order valence-corrected chi connectivity index (χ3v) is 1.99. The zero-order valence-electron chi connectivity index (χ0n) is 7.45. The van der Waals surface area contributed by atoms with Crippen molar-refractivity contribution >= 4 is 29.3 Å². The summed E-state index contributed by atoms with van der Waals surface area (Å²) >= 11 is 1.76. The van der Waals surface area contributed by atoms with Crippen molar-refractivity contribution in [3.8, 4) is 0 Å². The number of nitrogens with one attached hydrogen (secondary N) is 1. The first-order chi connectivity index (χ1) is 6.22. The van der Waals surface area contributed by atoms with E-state index in [4.69, 9.17) is 11.5 Å². The molecule has 5 nitrogen and oxygen atoms in total. The zero-order chi connectivity index (χ0) is 9.68. The third-order valence-electron chi connectivity index (χ3n) is 1.38. The van der Waals surface area contributed by atoms with Gasteiger partial charge in [0.25, 0.3) is 0 Å². The Hall–Kier alpha value is -1.17. The van der Waals surface area contributed by atoms with Gasteiger partial charge < -0.3 is 16.8 Å². The van der Waals surface area contributed by atoms with Crippen LogP contribution in [0.25, 0.3) is 0 Å². The number of anilines is 3. The van der Waals surface area contributed by atoms with E-state index < -0.39 is 0 Å². The number of hydrogen-bond acceptors (Lipinski definition) is 6. The van der Waals surface area contributed by atoms with E-state index in [1.165, 1.54) is 0 Å². The van der Waals surface area contributed by atoms with Crippen molar-refractivity contribution in [2.45, 2.75) is 0 Å². The molecule has 0 bridgehead atoms. The lowest BCUT2D eigenvalue weighted by molar-refractivity contribution is 1.13. The summed E-state index contributed by atoms with van der Waals surface area (Å²) in [6, 6.07) is 1.66. The molecule has 0 amide bonds. The average Bonchev–Trinajstić information content (AvgIpc) is 2.03. The first kappa shape index (κ1) is 9.91. The van der Waals surface area contributed by atoms with E-state index in [-0.39, 0.29) is 5.95 Å². The highest BCUT2D eigenvalue weighted by atomic mass is 32.2. The van der Waals surface area contributed by atoms with E-state index in [0.717, 1.165) is 12.3 Å². The SMILES string of the molecule is CSCCNc1cc(N)nc(N)n1. The first-order valence-electron chi connectivity index (χ1n) is 3.85. The van der Waals surface area contributed by atoms with Crippen LogP contribution in [0.4, 0.5) is 17.6 Å². The molecule has 0 fully saturated rings. The van der Waals surface area contributed by atoms with Gasteiger partial charge in [0.1, 0.15) is 11.6 Å². The molecule has 6 heteroatoms. The highest BCUT2D eigenvalue weighted by Gasteiger charge is 1.97. The van der Waals surface area contributed by atoms with Gasteiger partial charge in [-0.05, 0) is 6.26 Å². The predicted octanol–water partition coefficient (Wildman–Crippen LogP) is 0.416. The molecule has 0 aromatic carbocycles. The summed E-state index contributed by atoms with van der Waals surface area (Å²) < 4.78 is 0. The van der Waals surface area contributed by atoms with Gasteiger partial charge in [-0.1, -0.05) is 0 Å². The molecule has 0 unspecified atom stereocenters. The van der Waals surface area contributed by atoms with Crippen LogP contribution >= 0.6 is 11.8 Å². The van der Waals surface area contributed by atoms with Gasteiger partial charge in [-0.25, -0.2) is 0 Å². The molecule has 0 aliphatic rings. The molecule has 0 spiro atoms. The van der Waals surface area contributed by atoms with Gasteiger partial charge >= 0.3 is 0 Å². The van der Waals surface area contributed by atoms with Crippen molar-refractivity contribution < 1.29 is 0 Å². The second kappa shape index (κ2) is 4.76. The predicted molar refractivity (Wildman–Crippen MR) is 57.7 cm³/mol. The van der Waals surface area contributed by atoms with Crippen LogP contribution in [0.15, 0.2) is 6.07 Å². The number of rotatable bonds is 4. The van der Waals surface area contributed by atoms with E-state index in [1.807, 2.05) is 6.26 Å². The van der Waals surface area contributed by atoms with Crippen LogP contribution in [-0.4, -0.2) is 28.5 Å². The van der Waals surface area contributed by atoms with Crippen LogP contribution in [0.5, 0.6) is 0 Å². The van der Waals surface area contributed by atoms with Crippen LogP contribution in [0.2, 0.25) is 0 Å². The number of nitrogens with zero attached hydrogens (tertiary/aromatic N) is 2. The van der Waals surface area contributed by atoms with Gasteiger partial charge in [-0.15, -0.1) is 0 Å². The number of nitrogens with two attached hydrogens (primary N) is 2. The fraction of sp³-hybridized carbons (Fsp3) is 0.429. The highest BCUT2D eigenvalue weighted by Crippen LogP contribution is 2.08. The normalized spacial score (nSPS) is 9.92.